The zero-order valence-electron chi connectivity index (χ0n) is 18.7. The van der Waals surface area contributed by atoms with Crippen LogP contribution in [-0.2, 0) is 17.6 Å². The smallest absolute Gasteiger partial charge is 0.251 e. The van der Waals surface area contributed by atoms with Gasteiger partial charge in [0.1, 0.15) is 5.75 Å². The predicted molar refractivity (Wildman–Crippen MR) is 125 cm³/mol. The minimum Gasteiger partial charge on any atom is -0.497 e. The number of nitrogens with zero attached hydrogens (tertiary/aromatic N) is 1. The second-order valence-corrected chi connectivity index (χ2v) is 8.70. The molecule has 1 unspecified atom stereocenters. The van der Waals surface area contributed by atoms with Crippen LogP contribution in [-0.4, -0.2) is 55.7 Å². The Hall–Kier alpha value is -2.83. The summed E-state index contributed by atoms with van der Waals surface area (Å²) >= 11 is 0. The second-order valence-electron chi connectivity index (χ2n) is 8.70. The number of morpholine rings is 1. The van der Waals surface area contributed by atoms with E-state index in [1.807, 2.05) is 24.3 Å². The fourth-order valence-electron chi connectivity index (χ4n) is 5.01. The molecule has 6 nitrogen and oxygen atoms in total. The molecule has 1 amide bonds. The van der Waals surface area contributed by atoms with Gasteiger partial charge in [0, 0.05) is 41.8 Å². The molecule has 2 aliphatic rings. The Bertz CT molecular complexity index is 1080. The lowest BCUT2D eigenvalue weighted by Gasteiger charge is -2.35. The molecule has 3 aromatic rings. The van der Waals surface area contributed by atoms with Crippen molar-refractivity contribution in [3.05, 3.63) is 64.8 Å². The van der Waals surface area contributed by atoms with E-state index in [1.165, 1.54) is 35.0 Å². The van der Waals surface area contributed by atoms with E-state index in [4.69, 9.17) is 9.47 Å². The number of H-pyrrole nitrogens is 1. The van der Waals surface area contributed by atoms with Gasteiger partial charge < -0.3 is 19.8 Å². The molecule has 0 bridgehead atoms. The fraction of sp³-hybridized carbons (Fsp3) is 0.423. The zero-order valence-corrected chi connectivity index (χ0v) is 18.7. The average Bonchev–Trinajstić information content (AvgIpc) is 3.23. The largest absolute Gasteiger partial charge is 0.497 e. The average molecular weight is 434 g/mol. The quantitative estimate of drug-likeness (QED) is 0.620. The maximum absolute atomic E-state index is 13.1. The van der Waals surface area contributed by atoms with Gasteiger partial charge in [-0.3, -0.25) is 9.69 Å². The van der Waals surface area contributed by atoms with E-state index < -0.39 is 0 Å². The lowest BCUT2D eigenvalue weighted by atomic mass is 9.95. The van der Waals surface area contributed by atoms with Crippen LogP contribution < -0.4 is 10.1 Å². The van der Waals surface area contributed by atoms with Crippen LogP contribution in [0.2, 0.25) is 0 Å². The van der Waals surface area contributed by atoms with Crippen LogP contribution in [0.3, 0.4) is 0 Å². The van der Waals surface area contributed by atoms with Gasteiger partial charge in [-0.15, -0.1) is 0 Å². The second kappa shape index (κ2) is 9.35. The van der Waals surface area contributed by atoms with Crippen LogP contribution in [0, 0.1) is 0 Å². The summed E-state index contributed by atoms with van der Waals surface area (Å²) in [6.45, 7) is 3.70. The summed E-state index contributed by atoms with van der Waals surface area (Å²) in [7, 11) is 1.67. The number of hydrogen-bond donors (Lipinski definition) is 2. The Morgan fingerprint density at radius 3 is 2.69 bits per heavy atom. The monoisotopic (exact) mass is 433 g/mol. The number of aromatic nitrogens is 1. The maximum Gasteiger partial charge on any atom is 0.251 e. The SMILES string of the molecule is COc1ccc(C(CNC(=O)c2ccc3[nH]c4c(c3c2)CCCC4)N2CCOCC2)cc1. The van der Waals surface area contributed by atoms with Crippen molar-refractivity contribution in [3.63, 3.8) is 0 Å². The van der Waals surface area contributed by atoms with Gasteiger partial charge in [0.2, 0.25) is 0 Å². The van der Waals surface area contributed by atoms with E-state index in [0.717, 1.165) is 56.0 Å². The normalized spacial score (nSPS) is 17.7. The van der Waals surface area contributed by atoms with E-state index in [0.29, 0.717) is 6.54 Å². The number of aromatic amines is 1. The fourth-order valence-corrected chi connectivity index (χ4v) is 5.01. The van der Waals surface area contributed by atoms with E-state index in [-0.39, 0.29) is 11.9 Å². The van der Waals surface area contributed by atoms with Crippen molar-refractivity contribution >= 4 is 16.8 Å². The van der Waals surface area contributed by atoms with Gasteiger partial charge in [0.25, 0.3) is 5.91 Å². The van der Waals surface area contributed by atoms with Crippen LogP contribution in [0.4, 0.5) is 0 Å². The standard InChI is InChI=1S/C26H31N3O3/c1-31-20-9-6-18(7-10-20)25(29-12-14-32-15-13-29)17-27-26(30)19-8-11-24-22(16-19)21-4-2-3-5-23(21)28-24/h6-11,16,25,28H,2-5,12-15,17H2,1H3,(H,27,30). The Balaban J connectivity index is 1.34. The molecule has 0 spiro atoms. The Morgan fingerprint density at radius 1 is 1.12 bits per heavy atom. The highest BCUT2D eigenvalue weighted by Gasteiger charge is 2.24. The highest BCUT2D eigenvalue weighted by atomic mass is 16.5. The molecule has 32 heavy (non-hydrogen) atoms. The number of carbonyl (C=O) groups excluding carboxylic acids is 1. The molecular weight excluding hydrogens is 402 g/mol. The Morgan fingerprint density at radius 2 is 1.91 bits per heavy atom. The number of fused-ring (bicyclic) bond motifs is 3. The van der Waals surface area contributed by atoms with Gasteiger partial charge in [-0.1, -0.05) is 12.1 Å². The summed E-state index contributed by atoms with van der Waals surface area (Å²) in [4.78, 5) is 19.0. The van der Waals surface area contributed by atoms with Gasteiger partial charge in [-0.25, -0.2) is 0 Å². The molecule has 1 aliphatic carbocycles. The third-order valence-electron chi connectivity index (χ3n) is 6.80. The van der Waals surface area contributed by atoms with Crippen molar-refractivity contribution in [2.45, 2.75) is 31.7 Å². The molecule has 1 aromatic heterocycles. The molecule has 0 radical (unpaired) electrons. The van der Waals surface area contributed by atoms with Crippen molar-refractivity contribution < 1.29 is 14.3 Å². The van der Waals surface area contributed by atoms with Crippen LogP contribution in [0.1, 0.15) is 46.1 Å². The van der Waals surface area contributed by atoms with Crippen molar-refractivity contribution in [2.24, 2.45) is 0 Å². The van der Waals surface area contributed by atoms with E-state index >= 15 is 0 Å². The van der Waals surface area contributed by atoms with E-state index in [9.17, 15) is 4.79 Å². The minimum atomic E-state index is -0.0237. The number of ether oxygens (including phenoxy) is 2. The number of rotatable bonds is 6. The number of benzene rings is 2. The summed E-state index contributed by atoms with van der Waals surface area (Å²) in [6, 6.07) is 14.3. The minimum absolute atomic E-state index is 0.0237. The number of aryl methyl sites for hydroxylation is 2. The first-order valence-electron chi connectivity index (χ1n) is 11.6. The molecule has 2 N–H and O–H groups in total. The molecule has 2 heterocycles. The molecule has 1 saturated heterocycles. The van der Waals surface area contributed by atoms with Gasteiger partial charge in [0.15, 0.2) is 0 Å². The first-order valence-corrected chi connectivity index (χ1v) is 11.6. The third kappa shape index (κ3) is 4.25. The molecule has 1 aliphatic heterocycles. The predicted octanol–water partition coefficient (Wildman–Crippen LogP) is 3.86. The van der Waals surface area contributed by atoms with Crippen molar-refractivity contribution in [3.8, 4) is 5.75 Å². The topological polar surface area (TPSA) is 66.6 Å². The maximum atomic E-state index is 13.1. The summed E-state index contributed by atoms with van der Waals surface area (Å²) in [5.41, 5.74) is 5.77. The summed E-state index contributed by atoms with van der Waals surface area (Å²) < 4.78 is 10.9. The molecule has 0 saturated carbocycles. The molecular formula is C26H31N3O3. The Labute approximate surface area is 188 Å². The summed E-state index contributed by atoms with van der Waals surface area (Å²) in [6.07, 6.45) is 4.66. The molecule has 5 rings (SSSR count). The number of carbonyl (C=O) groups is 1. The zero-order chi connectivity index (χ0) is 21.9. The van der Waals surface area contributed by atoms with Crippen molar-refractivity contribution in [1.29, 1.82) is 0 Å². The molecule has 1 atom stereocenters. The lowest BCUT2D eigenvalue weighted by molar-refractivity contribution is 0.0162. The number of methoxy groups -OCH3 is 1. The number of hydrogen-bond acceptors (Lipinski definition) is 4. The van der Waals surface area contributed by atoms with Gasteiger partial charge in [-0.05, 0) is 67.1 Å². The van der Waals surface area contributed by atoms with Gasteiger partial charge in [0.05, 0.1) is 26.4 Å². The lowest BCUT2D eigenvalue weighted by Crippen LogP contribution is -2.43. The molecule has 6 heteroatoms. The van der Waals surface area contributed by atoms with Crippen LogP contribution in [0.5, 0.6) is 5.75 Å². The highest BCUT2D eigenvalue weighted by molar-refractivity contribution is 5.99. The van der Waals surface area contributed by atoms with Crippen LogP contribution in [0.25, 0.3) is 10.9 Å². The van der Waals surface area contributed by atoms with E-state index in [1.54, 1.807) is 7.11 Å². The van der Waals surface area contributed by atoms with Crippen molar-refractivity contribution in [1.82, 2.24) is 15.2 Å². The Kier molecular flexibility index (Phi) is 6.14. The highest BCUT2D eigenvalue weighted by Crippen LogP contribution is 2.30. The molecule has 168 valence electrons. The first-order chi connectivity index (χ1) is 15.7. The van der Waals surface area contributed by atoms with E-state index in [2.05, 4.69) is 33.4 Å². The van der Waals surface area contributed by atoms with Crippen molar-refractivity contribution in [2.75, 3.05) is 40.0 Å². The summed E-state index contributed by atoms with van der Waals surface area (Å²) in [5, 5.41) is 4.40. The third-order valence-corrected chi connectivity index (χ3v) is 6.80. The van der Waals surface area contributed by atoms with Gasteiger partial charge >= 0.3 is 0 Å². The number of amides is 1. The first kappa shape index (κ1) is 21.0. The van der Waals surface area contributed by atoms with Gasteiger partial charge in [-0.2, -0.15) is 0 Å². The summed E-state index contributed by atoms with van der Waals surface area (Å²) in [5.74, 6) is 0.811. The molecule has 1 fully saturated rings. The number of nitrogens with one attached hydrogen (secondary N) is 2. The van der Waals surface area contributed by atoms with Crippen LogP contribution >= 0.6 is 0 Å². The van der Waals surface area contributed by atoms with Crippen LogP contribution in [0.15, 0.2) is 42.5 Å². The molecule has 2 aromatic carbocycles.